The van der Waals surface area contributed by atoms with Crippen LogP contribution in [0.3, 0.4) is 0 Å². The maximum absolute atomic E-state index is 12.9. The third-order valence-corrected chi connectivity index (χ3v) is 21.6. The molecule has 306 valence electrons. The second-order valence-corrected chi connectivity index (χ2v) is 31.0. The topological polar surface area (TPSA) is 172 Å². The molecule has 1 aliphatic rings. The Kier molecular flexibility index (Phi) is 12.0. The minimum absolute atomic E-state index is 0.106. The quantitative estimate of drug-likeness (QED) is 0.131. The van der Waals surface area contributed by atoms with Gasteiger partial charge in [-0.3, -0.25) is 4.79 Å². The minimum atomic E-state index is -2.62. The van der Waals surface area contributed by atoms with Crippen LogP contribution in [-0.4, -0.2) is 80.8 Å². The number of nitrogens with two attached hydrogens (primary N) is 1. The summed E-state index contributed by atoms with van der Waals surface area (Å²) in [5.74, 6) is -0.243. The first kappa shape index (κ1) is 44.3. The van der Waals surface area contributed by atoms with Gasteiger partial charge in [-0.1, -0.05) is 62.3 Å². The first-order valence-electron chi connectivity index (χ1n) is 19.4. The number of nitrogens with one attached hydrogen (secondary N) is 1. The summed E-state index contributed by atoms with van der Waals surface area (Å²) in [6.07, 6.45) is 2.39. The molecule has 57 heavy (non-hydrogen) atoms. The number of primary amides is 1. The average molecular weight is 829 g/mol. The molecule has 4 aromatic rings. The Labute approximate surface area is 342 Å². The molecule has 13 nitrogen and oxygen atoms in total. The highest BCUT2D eigenvalue weighted by molar-refractivity contribution is 6.74. The lowest BCUT2D eigenvalue weighted by Gasteiger charge is -2.46. The molecule has 1 aromatic carbocycles. The van der Waals surface area contributed by atoms with Gasteiger partial charge in [0.1, 0.15) is 30.7 Å². The highest BCUT2D eigenvalue weighted by Crippen LogP contribution is 2.52. The number of nitriles is 1. The normalized spacial score (nSPS) is 21.1. The Morgan fingerprint density at radius 1 is 0.930 bits per heavy atom. The third-order valence-electron chi connectivity index (χ3n) is 11.4. The molecule has 0 saturated carbocycles. The van der Waals surface area contributed by atoms with Crippen LogP contribution in [0.25, 0.3) is 16.8 Å². The second-order valence-electron chi connectivity index (χ2n) is 19.5. The largest absolute Gasteiger partial charge is 0.409 e. The Hall–Kier alpha value is -3.83. The van der Waals surface area contributed by atoms with E-state index in [-0.39, 0.29) is 30.4 Å². The Bertz CT molecular complexity index is 2130. The summed E-state index contributed by atoms with van der Waals surface area (Å²) < 4.78 is 30.5. The highest BCUT2D eigenvalue weighted by atomic mass is 28.4. The van der Waals surface area contributed by atoms with Crippen LogP contribution in [-0.2, 0) is 23.6 Å². The van der Waals surface area contributed by atoms with Gasteiger partial charge in [-0.15, -0.1) is 0 Å². The van der Waals surface area contributed by atoms with Gasteiger partial charge in [-0.2, -0.15) is 10.4 Å². The van der Waals surface area contributed by atoms with Gasteiger partial charge in [0, 0.05) is 29.2 Å². The number of hydrogen-bond donors (Lipinski definition) is 2. The first-order chi connectivity index (χ1) is 26.1. The SMILES string of the molecule is CC(C)(C)[Si]OC(C)(C)C1OC(C#N)(c2ccc3c(-c4cc(Nc5ncccn5)ccc4C(N)=O)ncnn23)C(O[Si](C)(C)C(C)(C)C)C1O[Si](C)(C)C(C)(C)C. The van der Waals surface area contributed by atoms with Crippen LogP contribution < -0.4 is 11.1 Å². The monoisotopic (exact) mass is 828 g/mol. The van der Waals surface area contributed by atoms with Crippen LogP contribution in [0.2, 0.25) is 41.3 Å². The molecule has 4 heterocycles. The van der Waals surface area contributed by atoms with Gasteiger partial charge in [0.05, 0.1) is 22.5 Å². The molecule has 3 aromatic heterocycles. The van der Waals surface area contributed by atoms with Crippen LogP contribution in [0.1, 0.15) is 92.2 Å². The van der Waals surface area contributed by atoms with Crippen molar-refractivity contribution in [2.45, 2.75) is 147 Å². The molecule has 4 unspecified atom stereocenters. The number of aromatic nitrogens is 5. The molecular weight excluding hydrogens is 769 g/mol. The third kappa shape index (κ3) is 8.94. The van der Waals surface area contributed by atoms with Crippen molar-refractivity contribution in [1.82, 2.24) is 24.6 Å². The molecule has 1 aliphatic heterocycles. The standard InChI is InChI=1S/C41H60N8O5Si3/c1-37(2,3)55-54-40(10,11)33-32(52-56(12,13)38(4,5)6)34(53-57(14,15)39(7,8)9)41(24-42,51-33)30-20-19-29-31(46-25-47-49(29)30)28-23-26(17-18-27(28)35(43)50)48-36-44-21-16-22-45-36/h16-23,25,32-34H,1-15H3,(H2,43,50)(H,44,45,48). The smallest absolute Gasteiger partial charge is 0.249 e. The summed E-state index contributed by atoms with van der Waals surface area (Å²) in [4.78, 5) is 26.1. The number of ether oxygens (including phenoxy) is 1. The number of anilines is 2. The van der Waals surface area contributed by atoms with Gasteiger partial charge < -0.3 is 29.1 Å². The van der Waals surface area contributed by atoms with E-state index in [2.05, 4.69) is 115 Å². The summed E-state index contributed by atoms with van der Waals surface area (Å²) in [5.41, 5.74) is 6.06. The number of fused-ring (bicyclic) bond motifs is 1. The first-order valence-corrected chi connectivity index (χ1v) is 26.1. The van der Waals surface area contributed by atoms with Gasteiger partial charge in [0.25, 0.3) is 0 Å². The predicted molar refractivity (Wildman–Crippen MR) is 229 cm³/mol. The van der Waals surface area contributed by atoms with E-state index >= 15 is 0 Å². The molecule has 0 spiro atoms. The van der Waals surface area contributed by atoms with Crippen LogP contribution in [0.15, 0.2) is 55.1 Å². The molecule has 1 fully saturated rings. The molecule has 0 bridgehead atoms. The van der Waals surface area contributed by atoms with E-state index in [4.69, 9.17) is 28.8 Å². The summed E-state index contributed by atoms with van der Waals surface area (Å²) in [5, 5.41) is 19.1. The van der Waals surface area contributed by atoms with Gasteiger partial charge in [0.2, 0.25) is 27.2 Å². The van der Waals surface area contributed by atoms with Crippen molar-refractivity contribution in [2.75, 3.05) is 5.32 Å². The Balaban J connectivity index is 1.76. The molecule has 2 radical (unpaired) electrons. The number of carbonyl (C=O) groups excluding carboxylic acids is 1. The second kappa shape index (κ2) is 15.4. The number of rotatable bonds is 12. The molecule has 0 aliphatic carbocycles. The molecule has 3 N–H and O–H groups in total. The maximum Gasteiger partial charge on any atom is 0.249 e. The maximum atomic E-state index is 12.9. The van der Waals surface area contributed by atoms with Crippen molar-refractivity contribution in [1.29, 1.82) is 5.26 Å². The summed E-state index contributed by atoms with van der Waals surface area (Å²) in [6, 6.07) is 13.2. The van der Waals surface area contributed by atoms with Crippen LogP contribution in [0, 0.1) is 11.3 Å². The number of carbonyl (C=O) groups is 1. The van der Waals surface area contributed by atoms with Crippen molar-refractivity contribution >= 4 is 49.5 Å². The zero-order valence-electron chi connectivity index (χ0n) is 36.2. The number of nitrogens with zero attached hydrogens (tertiary/aromatic N) is 6. The summed E-state index contributed by atoms with van der Waals surface area (Å²) in [7, 11) is -5.00. The fourth-order valence-electron chi connectivity index (χ4n) is 6.19. The van der Waals surface area contributed by atoms with Gasteiger partial charge in [-0.05, 0) is 91.5 Å². The summed E-state index contributed by atoms with van der Waals surface area (Å²) in [6.45, 7) is 32.3. The molecule has 5 rings (SSSR count). The molecular formula is C41H60N8O5Si3. The average Bonchev–Trinajstić information content (AvgIpc) is 3.66. The van der Waals surface area contributed by atoms with Crippen molar-refractivity contribution in [3.63, 3.8) is 0 Å². The molecule has 1 amide bonds. The number of amides is 1. The zero-order valence-corrected chi connectivity index (χ0v) is 39.2. The zero-order chi connectivity index (χ0) is 42.6. The lowest BCUT2D eigenvalue weighted by Crippen LogP contribution is -2.58. The van der Waals surface area contributed by atoms with E-state index in [0.717, 1.165) is 0 Å². The van der Waals surface area contributed by atoms with Crippen molar-refractivity contribution in [2.24, 2.45) is 5.73 Å². The van der Waals surface area contributed by atoms with E-state index < -0.39 is 52.1 Å². The Morgan fingerprint density at radius 2 is 1.54 bits per heavy atom. The van der Waals surface area contributed by atoms with E-state index in [1.54, 1.807) is 41.2 Å². The van der Waals surface area contributed by atoms with Gasteiger partial charge in [-0.25, -0.2) is 19.5 Å². The highest BCUT2D eigenvalue weighted by Gasteiger charge is 2.66. The van der Waals surface area contributed by atoms with Gasteiger partial charge >= 0.3 is 0 Å². The minimum Gasteiger partial charge on any atom is -0.409 e. The number of hydrogen-bond acceptors (Lipinski definition) is 11. The summed E-state index contributed by atoms with van der Waals surface area (Å²) >= 11 is 0. The van der Waals surface area contributed by atoms with Crippen LogP contribution >= 0.6 is 0 Å². The lowest BCUT2D eigenvalue weighted by atomic mass is 9.89. The van der Waals surface area contributed by atoms with Crippen molar-refractivity contribution in [3.8, 4) is 17.3 Å². The fraction of sp³-hybridized carbons (Fsp3) is 0.561. The van der Waals surface area contributed by atoms with E-state index in [1.165, 1.54) is 6.33 Å². The number of benzene rings is 1. The molecule has 1 saturated heterocycles. The molecule has 4 atom stereocenters. The van der Waals surface area contributed by atoms with Crippen LogP contribution in [0.5, 0.6) is 0 Å². The predicted octanol–water partition coefficient (Wildman–Crippen LogP) is 8.56. The fourth-order valence-corrected chi connectivity index (χ4v) is 9.45. The van der Waals surface area contributed by atoms with Crippen molar-refractivity contribution in [3.05, 3.63) is 66.4 Å². The Morgan fingerprint density at radius 3 is 2.11 bits per heavy atom. The van der Waals surface area contributed by atoms with E-state index in [9.17, 15) is 10.1 Å². The lowest BCUT2D eigenvalue weighted by molar-refractivity contribution is -0.117. The van der Waals surface area contributed by atoms with Crippen LogP contribution in [0.4, 0.5) is 11.6 Å². The van der Waals surface area contributed by atoms with E-state index in [1.807, 2.05) is 26.0 Å². The van der Waals surface area contributed by atoms with Crippen molar-refractivity contribution < 1.29 is 22.8 Å². The van der Waals surface area contributed by atoms with E-state index in [0.29, 0.717) is 34.1 Å². The van der Waals surface area contributed by atoms with Gasteiger partial charge in [0.15, 0.2) is 16.6 Å². The molecule has 16 heteroatoms.